The number of amides is 1. The van der Waals surface area contributed by atoms with Crippen molar-refractivity contribution in [1.29, 1.82) is 0 Å². The third-order valence-electron chi connectivity index (χ3n) is 3.81. The summed E-state index contributed by atoms with van der Waals surface area (Å²) in [7, 11) is 0. The van der Waals surface area contributed by atoms with Crippen molar-refractivity contribution in [3.05, 3.63) is 23.4 Å². The molecule has 1 aliphatic rings. The standard InChI is InChI=1S/C15H24N4O2/c1-3-4-12-9-11(10-13(17-12)19-16)14(20)18-15(2)5-7-21-8-6-15/h9-10H,3-8,16H2,1-2H3,(H,17,19)(H,18,20). The Morgan fingerprint density at radius 3 is 2.76 bits per heavy atom. The lowest BCUT2D eigenvalue weighted by molar-refractivity contribution is 0.0423. The van der Waals surface area contributed by atoms with Gasteiger partial charge in [0.25, 0.3) is 5.91 Å². The van der Waals surface area contributed by atoms with Gasteiger partial charge in [-0.3, -0.25) is 4.79 Å². The SMILES string of the molecule is CCCc1cc(C(=O)NC2(C)CCOCC2)cc(NN)n1. The van der Waals surface area contributed by atoms with Crippen molar-refractivity contribution in [3.63, 3.8) is 0 Å². The van der Waals surface area contributed by atoms with Crippen LogP contribution in [0.5, 0.6) is 0 Å². The zero-order valence-corrected chi connectivity index (χ0v) is 12.7. The molecule has 116 valence electrons. The maximum Gasteiger partial charge on any atom is 0.251 e. The first-order valence-corrected chi connectivity index (χ1v) is 7.44. The molecular weight excluding hydrogens is 268 g/mol. The molecule has 0 radical (unpaired) electrons. The number of aryl methyl sites for hydroxylation is 1. The molecule has 1 aromatic rings. The third-order valence-corrected chi connectivity index (χ3v) is 3.81. The van der Waals surface area contributed by atoms with Gasteiger partial charge < -0.3 is 15.5 Å². The number of carbonyl (C=O) groups is 1. The fourth-order valence-electron chi connectivity index (χ4n) is 2.47. The van der Waals surface area contributed by atoms with Crippen LogP contribution in [0.2, 0.25) is 0 Å². The van der Waals surface area contributed by atoms with Gasteiger partial charge in [-0.1, -0.05) is 13.3 Å². The van der Waals surface area contributed by atoms with Crippen molar-refractivity contribution >= 4 is 11.7 Å². The zero-order chi connectivity index (χ0) is 15.3. The minimum atomic E-state index is -0.209. The summed E-state index contributed by atoms with van der Waals surface area (Å²) in [6.07, 6.45) is 3.44. The number of hydrogen-bond donors (Lipinski definition) is 3. The highest BCUT2D eigenvalue weighted by atomic mass is 16.5. The van der Waals surface area contributed by atoms with Gasteiger partial charge in [-0.05, 0) is 38.3 Å². The second-order valence-corrected chi connectivity index (χ2v) is 5.75. The molecule has 0 spiro atoms. The van der Waals surface area contributed by atoms with Crippen LogP contribution in [0.15, 0.2) is 12.1 Å². The summed E-state index contributed by atoms with van der Waals surface area (Å²) in [5.41, 5.74) is 3.78. The van der Waals surface area contributed by atoms with Gasteiger partial charge >= 0.3 is 0 Å². The lowest BCUT2D eigenvalue weighted by atomic mass is 9.92. The molecule has 1 fully saturated rings. The molecule has 0 atom stereocenters. The number of nitrogens with one attached hydrogen (secondary N) is 2. The Kier molecular flexibility index (Phi) is 5.14. The van der Waals surface area contributed by atoms with Crippen molar-refractivity contribution in [2.24, 2.45) is 5.84 Å². The summed E-state index contributed by atoms with van der Waals surface area (Å²) in [5, 5.41) is 3.12. The van der Waals surface area contributed by atoms with Crippen molar-refractivity contribution in [2.75, 3.05) is 18.6 Å². The molecule has 4 N–H and O–H groups in total. The Hall–Kier alpha value is -1.66. The van der Waals surface area contributed by atoms with E-state index in [-0.39, 0.29) is 11.4 Å². The van der Waals surface area contributed by atoms with E-state index >= 15 is 0 Å². The van der Waals surface area contributed by atoms with E-state index in [4.69, 9.17) is 10.6 Å². The fraction of sp³-hybridized carbons (Fsp3) is 0.600. The molecule has 0 aliphatic carbocycles. The lowest BCUT2D eigenvalue weighted by Gasteiger charge is -2.34. The van der Waals surface area contributed by atoms with Gasteiger partial charge in [-0.2, -0.15) is 0 Å². The molecule has 0 saturated carbocycles. The molecule has 1 aromatic heterocycles. The smallest absolute Gasteiger partial charge is 0.251 e. The van der Waals surface area contributed by atoms with Crippen LogP contribution < -0.4 is 16.6 Å². The number of pyridine rings is 1. The van der Waals surface area contributed by atoms with Gasteiger partial charge in [-0.25, -0.2) is 10.8 Å². The summed E-state index contributed by atoms with van der Waals surface area (Å²) >= 11 is 0. The third kappa shape index (κ3) is 4.15. The topological polar surface area (TPSA) is 89.3 Å². The Balaban J connectivity index is 2.15. The number of nitrogen functional groups attached to an aromatic ring is 1. The van der Waals surface area contributed by atoms with Crippen LogP contribution in [0.25, 0.3) is 0 Å². The summed E-state index contributed by atoms with van der Waals surface area (Å²) in [4.78, 5) is 16.8. The van der Waals surface area contributed by atoms with Gasteiger partial charge in [0.05, 0.1) is 0 Å². The lowest BCUT2D eigenvalue weighted by Crippen LogP contribution is -2.49. The van der Waals surface area contributed by atoms with Crippen LogP contribution in [0.1, 0.15) is 49.2 Å². The summed E-state index contributed by atoms with van der Waals surface area (Å²) in [6.45, 7) is 5.50. The predicted molar refractivity (Wildman–Crippen MR) is 82.0 cm³/mol. The Bertz CT molecular complexity index is 498. The second-order valence-electron chi connectivity index (χ2n) is 5.75. The van der Waals surface area contributed by atoms with E-state index in [1.54, 1.807) is 6.07 Å². The molecule has 6 nitrogen and oxygen atoms in total. The highest BCUT2D eigenvalue weighted by Crippen LogP contribution is 2.21. The zero-order valence-electron chi connectivity index (χ0n) is 12.7. The molecule has 2 heterocycles. The number of nitrogens with zero attached hydrogens (tertiary/aromatic N) is 1. The first kappa shape index (κ1) is 15.7. The average Bonchev–Trinajstić information content (AvgIpc) is 2.47. The highest BCUT2D eigenvalue weighted by Gasteiger charge is 2.29. The van der Waals surface area contributed by atoms with E-state index in [0.717, 1.165) is 31.4 Å². The number of aromatic nitrogens is 1. The summed E-state index contributed by atoms with van der Waals surface area (Å²) in [5.74, 6) is 5.86. The monoisotopic (exact) mass is 292 g/mol. The number of rotatable bonds is 5. The van der Waals surface area contributed by atoms with Crippen LogP contribution in [-0.2, 0) is 11.2 Å². The molecule has 6 heteroatoms. The quantitative estimate of drug-likeness (QED) is 0.567. The molecule has 1 saturated heterocycles. The van der Waals surface area contributed by atoms with E-state index in [1.165, 1.54) is 0 Å². The van der Waals surface area contributed by atoms with E-state index in [9.17, 15) is 4.79 Å². The first-order chi connectivity index (χ1) is 10.1. The van der Waals surface area contributed by atoms with Crippen molar-refractivity contribution in [1.82, 2.24) is 10.3 Å². The minimum absolute atomic E-state index is 0.0874. The molecule has 21 heavy (non-hydrogen) atoms. The van der Waals surface area contributed by atoms with Gasteiger partial charge in [0.1, 0.15) is 5.82 Å². The van der Waals surface area contributed by atoms with E-state index in [2.05, 4.69) is 29.6 Å². The normalized spacial score (nSPS) is 17.3. The van der Waals surface area contributed by atoms with Gasteiger partial charge in [0.15, 0.2) is 0 Å². The van der Waals surface area contributed by atoms with E-state index < -0.39 is 0 Å². The Morgan fingerprint density at radius 2 is 2.14 bits per heavy atom. The first-order valence-electron chi connectivity index (χ1n) is 7.44. The molecule has 1 amide bonds. The number of hydrogen-bond acceptors (Lipinski definition) is 5. The summed E-state index contributed by atoms with van der Waals surface area (Å²) < 4.78 is 5.35. The van der Waals surface area contributed by atoms with Crippen LogP contribution in [-0.4, -0.2) is 29.6 Å². The van der Waals surface area contributed by atoms with Crippen LogP contribution in [0.3, 0.4) is 0 Å². The number of hydrazine groups is 1. The molecule has 0 unspecified atom stereocenters. The number of carbonyl (C=O) groups excluding carboxylic acids is 1. The number of nitrogens with two attached hydrogens (primary N) is 1. The van der Waals surface area contributed by atoms with Crippen molar-refractivity contribution in [3.8, 4) is 0 Å². The highest BCUT2D eigenvalue weighted by molar-refractivity contribution is 5.95. The van der Waals surface area contributed by atoms with Crippen LogP contribution >= 0.6 is 0 Å². The molecule has 0 aromatic carbocycles. The van der Waals surface area contributed by atoms with Crippen molar-refractivity contribution in [2.45, 2.75) is 45.1 Å². The Labute approximate surface area is 125 Å². The maximum absolute atomic E-state index is 12.5. The molecular formula is C15H24N4O2. The second kappa shape index (κ2) is 6.87. The predicted octanol–water partition coefficient (Wildman–Crippen LogP) is 1.62. The van der Waals surface area contributed by atoms with Gasteiger partial charge in [-0.15, -0.1) is 0 Å². The van der Waals surface area contributed by atoms with Gasteiger partial charge in [0.2, 0.25) is 0 Å². The molecule has 2 rings (SSSR count). The van der Waals surface area contributed by atoms with Crippen LogP contribution in [0.4, 0.5) is 5.82 Å². The molecule has 0 bridgehead atoms. The van der Waals surface area contributed by atoms with Gasteiger partial charge in [0, 0.05) is 30.0 Å². The van der Waals surface area contributed by atoms with Crippen molar-refractivity contribution < 1.29 is 9.53 Å². The summed E-state index contributed by atoms with van der Waals surface area (Å²) in [6, 6.07) is 3.51. The molecule has 1 aliphatic heterocycles. The van der Waals surface area contributed by atoms with E-state index in [1.807, 2.05) is 6.07 Å². The number of ether oxygens (including phenoxy) is 1. The number of anilines is 1. The fourth-order valence-corrected chi connectivity index (χ4v) is 2.47. The Morgan fingerprint density at radius 1 is 1.43 bits per heavy atom. The maximum atomic E-state index is 12.5. The largest absolute Gasteiger partial charge is 0.381 e. The average molecular weight is 292 g/mol. The van der Waals surface area contributed by atoms with E-state index in [0.29, 0.717) is 24.6 Å². The van der Waals surface area contributed by atoms with Crippen LogP contribution in [0, 0.1) is 0 Å². The minimum Gasteiger partial charge on any atom is -0.381 e.